The Hall–Kier alpha value is -1.31. The molecule has 5 rings (SSSR count). The Bertz CT molecular complexity index is 756. The van der Waals surface area contributed by atoms with Gasteiger partial charge in [0.05, 0.1) is 6.26 Å². The maximum atomic E-state index is 11.4. The highest BCUT2D eigenvalue weighted by molar-refractivity contribution is 5.22. The first-order valence-corrected chi connectivity index (χ1v) is 10.8. The molecule has 0 bridgehead atoms. The van der Waals surface area contributed by atoms with Gasteiger partial charge in [0, 0.05) is 6.07 Å². The van der Waals surface area contributed by atoms with Crippen molar-refractivity contribution in [3.05, 3.63) is 46.5 Å². The molecule has 0 aliphatic heterocycles. The molecule has 7 atom stereocenters. The van der Waals surface area contributed by atoms with Crippen LogP contribution in [0, 0.1) is 34.5 Å². The van der Waals surface area contributed by atoms with Crippen molar-refractivity contribution in [2.75, 3.05) is 0 Å². The first kappa shape index (κ1) is 16.8. The zero-order valence-corrected chi connectivity index (χ0v) is 16.2. The molecular weight excluding hydrogens is 320 g/mol. The molecule has 4 aliphatic rings. The summed E-state index contributed by atoms with van der Waals surface area (Å²) in [5.74, 6) is 4.15. The van der Waals surface area contributed by atoms with Gasteiger partial charge in [-0.15, -0.1) is 0 Å². The number of fused-ring (bicyclic) bond motifs is 5. The predicted octanol–water partition coefficient (Wildman–Crippen LogP) is 5.93. The minimum Gasteiger partial charge on any atom is -0.431 e. The van der Waals surface area contributed by atoms with Crippen LogP contribution in [-0.2, 0) is 0 Å². The summed E-state index contributed by atoms with van der Waals surface area (Å²) in [4.78, 5) is 11.4. The minimum atomic E-state index is -0.228. The molecule has 1 aromatic rings. The molecule has 0 aromatic carbocycles. The lowest BCUT2D eigenvalue weighted by Gasteiger charge is -2.59. The lowest BCUT2D eigenvalue weighted by Crippen LogP contribution is -2.52. The van der Waals surface area contributed by atoms with Crippen molar-refractivity contribution in [3.8, 4) is 0 Å². The van der Waals surface area contributed by atoms with Gasteiger partial charge in [0.25, 0.3) is 0 Å². The molecule has 140 valence electrons. The second-order valence-electron chi connectivity index (χ2n) is 10.1. The van der Waals surface area contributed by atoms with Gasteiger partial charge in [-0.3, -0.25) is 0 Å². The van der Waals surface area contributed by atoms with Crippen LogP contribution in [-0.4, -0.2) is 0 Å². The molecular formula is C24H32O2. The van der Waals surface area contributed by atoms with Gasteiger partial charge in [-0.2, -0.15) is 0 Å². The van der Waals surface area contributed by atoms with Gasteiger partial charge in [-0.25, -0.2) is 4.79 Å². The smallest absolute Gasteiger partial charge is 0.335 e. The Labute approximate surface area is 157 Å². The number of rotatable bonds is 1. The second kappa shape index (κ2) is 5.84. The van der Waals surface area contributed by atoms with Crippen molar-refractivity contribution >= 4 is 0 Å². The van der Waals surface area contributed by atoms with Gasteiger partial charge in [0.2, 0.25) is 0 Å². The third kappa shape index (κ3) is 2.26. The zero-order chi connectivity index (χ0) is 17.9. The standard InChI is InChI=1S/C24H32O2/c1-23-13-4-3-5-17(23)7-8-18-20-10-9-19(16-6-11-22(25)26-15-16)24(20,2)14-12-21(18)23/h3-4,6,11,15,17-21H,5,7-10,12-14H2,1-2H3/t17?,18-,19+,20-,21-,23-,24+/m0/s1. The van der Waals surface area contributed by atoms with Crippen molar-refractivity contribution in [2.24, 2.45) is 34.5 Å². The van der Waals surface area contributed by atoms with E-state index in [2.05, 4.69) is 26.0 Å². The number of hydrogen-bond donors (Lipinski definition) is 0. The van der Waals surface area contributed by atoms with E-state index >= 15 is 0 Å². The van der Waals surface area contributed by atoms with E-state index < -0.39 is 0 Å². The first-order chi connectivity index (χ1) is 12.5. The Morgan fingerprint density at radius 2 is 1.81 bits per heavy atom. The molecule has 0 saturated heterocycles. The summed E-state index contributed by atoms with van der Waals surface area (Å²) in [6.45, 7) is 5.16. The number of hydrogen-bond acceptors (Lipinski definition) is 2. The van der Waals surface area contributed by atoms with Crippen LogP contribution in [0.15, 0.2) is 39.8 Å². The van der Waals surface area contributed by atoms with Gasteiger partial charge in [0.15, 0.2) is 0 Å². The summed E-state index contributed by atoms with van der Waals surface area (Å²) >= 11 is 0. The summed E-state index contributed by atoms with van der Waals surface area (Å²) in [5.41, 5.74) is 1.95. The fraction of sp³-hybridized carbons (Fsp3) is 0.708. The Balaban J connectivity index is 1.46. The lowest BCUT2D eigenvalue weighted by molar-refractivity contribution is -0.0904. The maximum absolute atomic E-state index is 11.4. The van der Waals surface area contributed by atoms with Crippen LogP contribution >= 0.6 is 0 Å². The van der Waals surface area contributed by atoms with E-state index in [1.165, 1.54) is 56.9 Å². The van der Waals surface area contributed by atoms with E-state index in [4.69, 9.17) is 4.42 Å². The highest BCUT2D eigenvalue weighted by Crippen LogP contribution is 2.68. The Morgan fingerprint density at radius 3 is 2.62 bits per heavy atom. The minimum absolute atomic E-state index is 0.228. The summed E-state index contributed by atoms with van der Waals surface area (Å²) in [7, 11) is 0. The van der Waals surface area contributed by atoms with Crippen LogP contribution in [0.25, 0.3) is 0 Å². The van der Waals surface area contributed by atoms with E-state index in [1.807, 2.05) is 6.07 Å². The van der Waals surface area contributed by atoms with Crippen LogP contribution in [0.1, 0.15) is 76.7 Å². The summed E-state index contributed by atoms with van der Waals surface area (Å²) in [5, 5.41) is 0. The Morgan fingerprint density at radius 1 is 0.962 bits per heavy atom. The largest absolute Gasteiger partial charge is 0.431 e. The average molecular weight is 353 g/mol. The molecule has 1 heterocycles. The van der Waals surface area contributed by atoms with Crippen LogP contribution in [0.4, 0.5) is 0 Å². The molecule has 3 fully saturated rings. The van der Waals surface area contributed by atoms with E-state index in [0.717, 1.165) is 23.7 Å². The topological polar surface area (TPSA) is 30.2 Å². The first-order valence-electron chi connectivity index (χ1n) is 10.8. The predicted molar refractivity (Wildman–Crippen MR) is 104 cm³/mol. The highest BCUT2D eigenvalue weighted by atomic mass is 16.4. The molecule has 1 unspecified atom stereocenters. The van der Waals surface area contributed by atoms with Crippen LogP contribution in [0.2, 0.25) is 0 Å². The highest BCUT2D eigenvalue weighted by Gasteiger charge is 2.59. The van der Waals surface area contributed by atoms with Crippen molar-refractivity contribution in [3.63, 3.8) is 0 Å². The third-order valence-electron chi connectivity index (χ3n) is 9.34. The van der Waals surface area contributed by atoms with Crippen molar-refractivity contribution in [1.29, 1.82) is 0 Å². The normalized spacial score (nSPS) is 47.1. The molecule has 1 aromatic heterocycles. The summed E-state index contributed by atoms with van der Waals surface area (Å²) in [6.07, 6.45) is 17.5. The van der Waals surface area contributed by atoms with Crippen LogP contribution in [0.5, 0.6) is 0 Å². The Kier molecular flexibility index (Phi) is 3.78. The lowest BCUT2D eigenvalue weighted by atomic mass is 9.45. The summed E-state index contributed by atoms with van der Waals surface area (Å²) in [6, 6.07) is 3.64. The van der Waals surface area contributed by atoms with E-state index in [-0.39, 0.29) is 5.63 Å². The van der Waals surface area contributed by atoms with Crippen LogP contribution < -0.4 is 5.63 Å². The molecule has 26 heavy (non-hydrogen) atoms. The quantitative estimate of drug-likeness (QED) is 0.586. The van der Waals surface area contributed by atoms with Gasteiger partial charge in [0.1, 0.15) is 0 Å². The van der Waals surface area contributed by atoms with E-state index in [0.29, 0.717) is 16.7 Å². The number of allylic oxidation sites excluding steroid dienone is 2. The van der Waals surface area contributed by atoms with E-state index in [1.54, 1.807) is 12.3 Å². The maximum Gasteiger partial charge on any atom is 0.335 e. The average Bonchev–Trinajstić information content (AvgIpc) is 2.99. The summed E-state index contributed by atoms with van der Waals surface area (Å²) < 4.78 is 5.23. The molecule has 2 nitrogen and oxygen atoms in total. The van der Waals surface area contributed by atoms with Gasteiger partial charge >= 0.3 is 5.63 Å². The van der Waals surface area contributed by atoms with Crippen molar-refractivity contribution in [2.45, 2.75) is 71.1 Å². The third-order valence-corrected chi connectivity index (χ3v) is 9.34. The van der Waals surface area contributed by atoms with Crippen molar-refractivity contribution < 1.29 is 4.42 Å². The van der Waals surface area contributed by atoms with Gasteiger partial charge in [-0.1, -0.05) is 26.0 Å². The monoisotopic (exact) mass is 352 g/mol. The zero-order valence-electron chi connectivity index (χ0n) is 16.2. The molecule has 2 heteroatoms. The molecule has 0 N–H and O–H groups in total. The van der Waals surface area contributed by atoms with Crippen LogP contribution in [0.3, 0.4) is 0 Å². The fourth-order valence-corrected chi connectivity index (χ4v) is 7.95. The molecule has 0 radical (unpaired) electrons. The van der Waals surface area contributed by atoms with Gasteiger partial charge < -0.3 is 4.42 Å². The molecule has 4 aliphatic carbocycles. The van der Waals surface area contributed by atoms with Gasteiger partial charge in [-0.05, 0) is 103 Å². The second-order valence-corrected chi connectivity index (χ2v) is 10.1. The fourth-order valence-electron chi connectivity index (χ4n) is 7.95. The van der Waals surface area contributed by atoms with Crippen molar-refractivity contribution in [1.82, 2.24) is 0 Å². The SMILES string of the molecule is C[C@]12CC[C@H]3[C@@H](CCC4CC=CC[C@@]43C)[C@@H]1CC[C@@H]2c1ccc(=O)oc1. The van der Waals surface area contributed by atoms with E-state index in [9.17, 15) is 4.79 Å². The molecule has 0 spiro atoms. The molecule has 3 saturated carbocycles. The molecule has 0 amide bonds.